The molecule has 0 aromatic heterocycles. The third-order valence-electron chi connectivity index (χ3n) is 3.83. The van der Waals surface area contributed by atoms with E-state index < -0.39 is 4.92 Å². The zero-order chi connectivity index (χ0) is 15.6. The van der Waals surface area contributed by atoms with Crippen LogP contribution in [0.3, 0.4) is 0 Å². The number of carbonyl (C=O) groups is 1. The topological polar surface area (TPSA) is 75.5 Å². The summed E-state index contributed by atoms with van der Waals surface area (Å²) in [5, 5.41) is 12.8. The molecule has 6 nitrogen and oxygen atoms in total. The van der Waals surface area contributed by atoms with Crippen LogP contribution in [0.25, 0.3) is 0 Å². The Balaban J connectivity index is 2.20. The lowest BCUT2D eigenvalue weighted by molar-refractivity contribution is -0.384. The van der Waals surface area contributed by atoms with Gasteiger partial charge in [-0.05, 0) is 48.7 Å². The third-order valence-corrected chi connectivity index (χ3v) is 4.52. The van der Waals surface area contributed by atoms with Gasteiger partial charge in [0.2, 0.25) is 0 Å². The van der Waals surface area contributed by atoms with Gasteiger partial charge in [-0.2, -0.15) is 0 Å². The number of rotatable bonds is 3. The van der Waals surface area contributed by atoms with Crippen molar-refractivity contribution in [1.29, 1.82) is 0 Å². The number of non-ortho nitro benzene ring substituents is 1. The average Bonchev–Trinajstić information content (AvgIpc) is 2.43. The molecule has 0 bridgehead atoms. The Hall–Kier alpha value is -1.47. The minimum Gasteiger partial charge on any atom is -0.284 e. The van der Waals surface area contributed by atoms with Crippen molar-refractivity contribution >= 4 is 27.5 Å². The molecule has 0 spiro atoms. The molecule has 2 rings (SSSR count). The molecule has 1 saturated heterocycles. The van der Waals surface area contributed by atoms with Crippen molar-refractivity contribution in [2.24, 2.45) is 0 Å². The number of nitro groups is 1. The number of hydrogen-bond donors (Lipinski definition) is 1. The van der Waals surface area contributed by atoms with E-state index in [1.807, 2.05) is 5.01 Å². The van der Waals surface area contributed by atoms with Crippen LogP contribution in [0.1, 0.15) is 43.5 Å². The van der Waals surface area contributed by atoms with Gasteiger partial charge in [-0.3, -0.25) is 20.3 Å². The number of halogens is 1. The van der Waals surface area contributed by atoms with Gasteiger partial charge in [-0.1, -0.05) is 6.42 Å². The predicted molar refractivity (Wildman–Crippen MR) is 82.9 cm³/mol. The van der Waals surface area contributed by atoms with E-state index in [1.165, 1.54) is 18.2 Å². The van der Waals surface area contributed by atoms with Crippen LogP contribution in [0.4, 0.5) is 5.69 Å². The molecule has 0 saturated carbocycles. The van der Waals surface area contributed by atoms with E-state index in [2.05, 4.69) is 35.2 Å². The molecule has 1 aliphatic heterocycles. The Morgan fingerprint density at radius 1 is 1.38 bits per heavy atom. The van der Waals surface area contributed by atoms with Crippen molar-refractivity contribution in [1.82, 2.24) is 10.4 Å². The van der Waals surface area contributed by atoms with E-state index in [4.69, 9.17) is 0 Å². The highest BCUT2D eigenvalue weighted by Gasteiger charge is 2.27. The smallest absolute Gasteiger partial charge is 0.270 e. The van der Waals surface area contributed by atoms with Crippen LogP contribution in [0.2, 0.25) is 0 Å². The highest BCUT2D eigenvalue weighted by Crippen LogP contribution is 2.24. The van der Waals surface area contributed by atoms with Gasteiger partial charge in [0.1, 0.15) is 0 Å². The molecule has 0 aliphatic carbocycles. The first kappa shape index (κ1) is 15.9. The van der Waals surface area contributed by atoms with Crippen LogP contribution >= 0.6 is 15.9 Å². The molecular formula is C14H18BrN3O3. The van der Waals surface area contributed by atoms with E-state index in [-0.39, 0.29) is 29.2 Å². The Morgan fingerprint density at radius 3 is 2.57 bits per heavy atom. The van der Waals surface area contributed by atoms with Gasteiger partial charge in [-0.15, -0.1) is 0 Å². The van der Waals surface area contributed by atoms with Crippen LogP contribution in [-0.4, -0.2) is 27.9 Å². The molecule has 1 aromatic rings. The predicted octanol–water partition coefficient (Wildman–Crippen LogP) is 3.27. The standard InChI is InChI=1S/C14H18BrN3O3/c1-9-4-3-5-10(2)17(9)16-14(19)12-8-11(18(20)21)6-7-13(12)15/h6-10H,3-5H2,1-2H3,(H,16,19). The van der Waals surface area contributed by atoms with Gasteiger partial charge in [0.05, 0.1) is 10.5 Å². The van der Waals surface area contributed by atoms with Crippen LogP contribution in [0.5, 0.6) is 0 Å². The second-order valence-corrected chi connectivity index (χ2v) is 6.25. The van der Waals surface area contributed by atoms with Gasteiger partial charge in [0.25, 0.3) is 11.6 Å². The van der Waals surface area contributed by atoms with Crippen molar-refractivity contribution in [2.75, 3.05) is 0 Å². The third kappa shape index (κ3) is 3.59. The Kier molecular flexibility index (Phi) is 4.95. The van der Waals surface area contributed by atoms with E-state index in [9.17, 15) is 14.9 Å². The summed E-state index contributed by atoms with van der Waals surface area (Å²) in [7, 11) is 0. The molecular weight excluding hydrogens is 338 g/mol. The van der Waals surface area contributed by atoms with Gasteiger partial charge in [0, 0.05) is 28.7 Å². The molecule has 7 heteroatoms. The molecule has 1 fully saturated rings. The average molecular weight is 356 g/mol. The second kappa shape index (κ2) is 6.53. The van der Waals surface area contributed by atoms with E-state index in [1.54, 1.807) is 0 Å². The van der Waals surface area contributed by atoms with Gasteiger partial charge in [0.15, 0.2) is 0 Å². The maximum atomic E-state index is 12.4. The largest absolute Gasteiger partial charge is 0.284 e. The maximum absolute atomic E-state index is 12.4. The number of nitrogens with one attached hydrogen (secondary N) is 1. The van der Waals surface area contributed by atoms with Crippen molar-refractivity contribution in [3.8, 4) is 0 Å². The Bertz CT molecular complexity index is 554. The van der Waals surface area contributed by atoms with E-state index in [0.29, 0.717) is 4.47 Å². The molecule has 1 amide bonds. The molecule has 1 aliphatic rings. The van der Waals surface area contributed by atoms with Crippen molar-refractivity contribution < 1.29 is 9.72 Å². The molecule has 21 heavy (non-hydrogen) atoms. The number of nitrogens with zero attached hydrogens (tertiary/aromatic N) is 2. The lowest BCUT2D eigenvalue weighted by Crippen LogP contribution is -2.54. The molecule has 1 heterocycles. The lowest BCUT2D eigenvalue weighted by atomic mass is 10.00. The van der Waals surface area contributed by atoms with E-state index >= 15 is 0 Å². The molecule has 114 valence electrons. The second-order valence-electron chi connectivity index (χ2n) is 5.40. The highest BCUT2D eigenvalue weighted by molar-refractivity contribution is 9.10. The van der Waals surface area contributed by atoms with Crippen LogP contribution in [-0.2, 0) is 0 Å². The number of piperidine rings is 1. The van der Waals surface area contributed by atoms with Crippen LogP contribution < -0.4 is 5.43 Å². The Labute approximate surface area is 131 Å². The number of benzene rings is 1. The molecule has 2 atom stereocenters. The summed E-state index contributed by atoms with van der Waals surface area (Å²) in [5.41, 5.74) is 3.06. The van der Waals surface area contributed by atoms with Crippen molar-refractivity contribution in [3.05, 3.63) is 38.3 Å². The summed E-state index contributed by atoms with van der Waals surface area (Å²) in [6.45, 7) is 4.14. The zero-order valence-electron chi connectivity index (χ0n) is 12.0. The highest BCUT2D eigenvalue weighted by atomic mass is 79.9. The van der Waals surface area contributed by atoms with E-state index in [0.717, 1.165) is 19.3 Å². The maximum Gasteiger partial charge on any atom is 0.270 e. The molecule has 0 radical (unpaired) electrons. The first-order valence-corrected chi connectivity index (χ1v) is 7.72. The minimum atomic E-state index is -0.505. The fourth-order valence-electron chi connectivity index (χ4n) is 2.62. The fourth-order valence-corrected chi connectivity index (χ4v) is 3.05. The lowest BCUT2D eigenvalue weighted by Gasteiger charge is -2.38. The van der Waals surface area contributed by atoms with Crippen LogP contribution in [0.15, 0.2) is 22.7 Å². The zero-order valence-corrected chi connectivity index (χ0v) is 13.6. The summed E-state index contributed by atoms with van der Waals surface area (Å²) in [5.74, 6) is -0.328. The summed E-state index contributed by atoms with van der Waals surface area (Å²) in [4.78, 5) is 22.7. The summed E-state index contributed by atoms with van der Waals surface area (Å²) < 4.78 is 0.544. The van der Waals surface area contributed by atoms with Gasteiger partial charge < -0.3 is 0 Å². The minimum absolute atomic E-state index is 0.0944. The first-order chi connectivity index (χ1) is 9.90. The molecule has 1 N–H and O–H groups in total. The normalized spacial score (nSPS) is 22.8. The number of nitro benzene ring substituents is 1. The van der Waals surface area contributed by atoms with Gasteiger partial charge in [-0.25, -0.2) is 5.01 Å². The summed E-state index contributed by atoms with van der Waals surface area (Å²) >= 11 is 3.27. The SMILES string of the molecule is CC1CCCC(C)N1NC(=O)c1cc([N+](=O)[O-])ccc1Br. The number of amides is 1. The monoisotopic (exact) mass is 355 g/mol. The van der Waals surface area contributed by atoms with Crippen molar-refractivity contribution in [2.45, 2.75) is 45.2 Å². The number of carbonyl (C=O) groups excluding carboxylic acids is 1. The quantitative estimate of drug-likeness (QED) is 0.666. The fraction of sp³-hybridized carbons (Fsp3) is 0.500. The number of hydrogen-bond acceptors (Lipinski definition) is 4. The number of hydrazine groups is 1. The Morgan fingerprint density at radius 2 is 2.00 bits per heavy atom. The van der Waals surface area contributed by atoms with Crippen LogP contribution in [0, 0.1) is 10.1 Å². The van der Waals surface area contributed by atoms with Gasteiger partial charge >= 0.3 is 0 Å². The summed E-state index contributed by atoms with van der Waals surface area (Å²) in [6.07, 6.45) is 3.21. The van der Waals surface area contributed by atoms with Crippen molar-refractivity contribution in [3.63, 3.8) is 0 Å². The summed E-state index contributed by atoms with van der Waals surface area (Å²) in [6, 6.07) is 4.70. The first-order valence-electron chi connectivity index (χ1n) is 6.93. The molecule has 1 aromatic carbocycles. The molecule has 2 unspecified atom stereocenters.